The highest BCUT2D eigenvalue weighted by Gasteiger charge is 2.65. The molecule has 0 aromatic carbocycles. The van der Waals surface area contributed by atoms with E-state index < -0.39 is 0 Å². The summed E-state index contributed by atoms with van der Waals surface area (Å²) in [7, 11) is 0. The Morgan fingerprint density at radius 2 is 1.94 bits per heavy atom. The van der Waals surface area contributed by atoms with E-state index in [4.69, 9.17) is 11.6 Å². The van der Waals surface area contributed by atoms with Crippen LogP contribution in [0.1, 0.15) is 19.3 Å². The molecule has 4 unspecified atom stereocenters. The summed E-state index contributed by atoms with van der Waals surface area (Å²) < 4.78 is 0. The van der Waals surface area contributed by atoms with E-state index in [1.165, 1.54) is 19.3 Å². The Morgan fingerprint density at radius 3 is 2.56 bits per heavy atom. The number of pyridine rings is 1. The van der Waals surface area contributed by atoms with Crippen LogP contribution in [0, 0.1) is 23.7 Å². The molecule has 1 N–H and O–H groups in total. The van der Waals surface area contributed by atoms with Crippen molar-refractivity contribution < 1.29 is 0 Å². The number of hydrogen-bond acceptors (Lipinski definition) is 2. The molecule has 4 rings (SSSR count). The van der Waals surface area contributed by atoms with Crippen LogP contribution in [0.25, 0.3) is 0 Å². The fourth-order valence-electron chi connectivity index (χ4n) is 4.15. The standard InChI is InChI=1S/C13H15ClN2/c14-9-3-4-10(15-6-9)16-13-11-7-1-2-8(5-7)12(11)13/h3-4,6-8,11-13H,1-2,5H2,(H,15,16). The van der Waals surface area contributed by atoms with Crippen LogP contribution in [-0.2, 0) is 0 Å². The van der Waals surface area contributed by atoms with Crippen molar-refractivity contribution >= 4 is 17.4 Å². The van der Waals surface area contributed by atoms with Crippen LogP contribution < -0.4 is 5.32 Å². The first kappa shape index (κ1) is 9.29. The van der Waals surface area contributed by atoms with Crippen molar-refractivity contribution in [1.29, 1.82) is 0 Å². The normalized spacial score (nSPS) is 43.2. The SMILES string of the molecule is Clc1ccc(NC2C3C4CCC(C4)C23)nc1. The highest BCUT2D eigenvalue weighted by molar-refractivity contribution is 6.30. The first-order valence-corrected chi connectivity index (χ1v) is 6.59. The van der Waals surface area contributed by atoms with Gasteiger partial charge >= 0.3 is 0 Å². The molecule has 2 nitrogen and oxygen atoms in total. The number of aromatic nitrogens is 1. The molecule has 4 atom stereocenters. The molecule has 0 aliphatic heterocycles. The molecule has 0 spiro atoms. The summed E-state index contributed by atoms with van der Waals surface area (Å²) in [5.74, 6) is 4.93. The summed E-state index contributed by atoms with van der Waals surface area (Å²) in [5, 5.41) is 4.29. The summed E-state index contributed by atoms with van der Waals surface area (Å²) in [6, 6.07) is 4.60. The Bertz CT molecular complexity index is 400. The van der Waals surface area contributed by atoms with Gasteiger partial charge in [-0.1, -0.05) is 11.6 Å². The third-order valence-electron chi connectivity index (χ3n) is 4.78. The molecular weight excluding hydrogens is 220 g/mol. The molecule has 1 aromatic heterocycles. The van der Waals surface area contributed by atoms with Crippen molar-refractivity contribution in [3.63, 3.8) is 0 Å². The van der Waals surface area contributed by atoms with Gasteiger partial charge in [0.05, 0.1) is 5.02 Å². The lowest BCUT2D eigenvalue weighted by molar-refractivity contribution is 0.456. The summed E-state index contributed by atoms with van der Waals surface area (Å²) in [6.45, 7) is 0. The van der Waals surface area contributed by atoms with Gasteiger partial charge in [-0.05, 0) is 55.1 Å². The highest BCUT2D eigenvalue weighted by Crippen LogP contribution is 2.66. The topological polar surface area (TPSA) is 24.9 Å². The lowest BCUT2D eigenvalue weighted by Crippen LogP contribution is -2.13. The first-order chi connectivity index (χ1) is 7.83. The molecule has 16 heavy (non-hydrogen) atoms. The maximum absolute atomic E-state index is 5.83. The summed E-state index contributed by atoms with van der Waals surface area (Å²) in [4.78, 5) is 4.31. The van der Waals surface area contributed by atoms with E-state index >= 15 is 0 Å². The maximum Gasteiger partial charge on any atom is 0.126 e. The smallest absolute Gasteiger partial charge is 0.126 e. The van der Waals surface area contributed by atoms with Gasteiger partial charge in [-0.15, -0.1) is 0 Å². The average Bonchev–Trinajstić information content (AvgIpc) is 2.72. The van der Waals surface area contributed by atoms with E-state index in [-0.39, 0.29) is 0 Å². The minimum Gasteiger partial charge on any atom is -0.367 e. The van der Waals surface area contributed by atoms with E-state index in [0.29, 0.717) is 11.1 Å². The molecular formula is C13H15ClN2. The molecule has 0 saturated heterocycles. The molecule has 0 amide bonds. The number of rotatable bonds is 2. The number of anilines is 1. The van der Waals surface area contributed by atoms with E-state index in [1.54, 1.807) is 6.20 Å². The van der Waals surface area contributed by atoms with Gasteiger partial charge in [-0.3, -0.25) is 0 Å². The minimum atomic E-state index is 0.708. The molecule has 3 aliphatic rings. The largest absolute Gasteiger partial charge is 0.367 e. The zero-order chi connectivity index (χ0) is 10.7. The molecule has 3 saturated carbocycles. The molecule has 1 aromatic rings. The van der Waals surface area contributed by atoms with Gasteiger partial charge in [0.1, 0.15) is 5.82 Å². The lowest BCUT2D eigenvalue weighted by atomic mass is 10.0. The maximum atomic E-state index is 5.83. The Balaban J connectivity index is 1.48. The van der Waals surface area contributed by atoms with Crippen LogP contribution in [0.2, 0.25) is 5.02 Å². The first-order valence-electron chi connectivity index (χ1n) is 6.21. The van der Waals surface area contributed by atoms with Gasteiger partial charge in [0.15, 0.2) is 0 Å². The number of halogens is 1. The van der Waals surface area contributed by atoms with Crippen LogP contribution in [0.5, 0.6) is 0 Å². The van der Waals surface area contributed by atoms with E-state index in [1.807, 2.05) is 12.1 Å². The Labute approximate surface area is 100 Å². The predicted molar refractivity (Wildman–Crippen MR) is 64.5 cm³/mol. The predicted octanol–water partition coefficient (Wildman–Crippen LogP) is 3.19. The molecule has 0 radical (unpaired) electrons. The summed E-state index contributed by atoms with van der Waals surface area (Å²) in [6.07, 6.45) is 6.16. The molecule has 3 heteroatoms. The van der Waals surface area contributed by atoms with Crippen molar-refractivity contribution in [3.8, 4) is 0 Å². The average molecular weight is 235 g/mol. The second-order valence-electron chi connectivity index (χ2n) is 5.52. The van der Waals surface area contributed by atoms with Crippen molar-refractivity contribution in [2.24, 2.45) is 23.7 Å². The van der Waals surface area contributed by atoms with Gasteiger partial charge in [0, 0.05) is 12.2 Å². The zero-order valence-corrected chi connectivity index (χ0v) is 9.82. The Kier molecular flexibility index (Phi) is 1.82. The van der Waals surface area contributed by atoms with Gasteiger partial charge < -0.3 is 5.32 Å². The number of nitrogens with zero attached hydrogens (tertiary/aromatic N) is 1. The van der Waals surface area contributed by atoms with Gasteiger partial charge in [0.2, 0.25) is 0 Å². The highest BCUT2D eigenvalue weighted by atomic mass is 35.5. The van der Waals surface area contributed by atoms with Crippen LogP contribution in [0.3, 0.4) is 0 Å². The Hall–Kier alpha value is -0.760. The molecule has 1 heterocycles. The number of nitrogens with one attached hydrogen (secondary N) is 1. The fourth-order valence-corrected chi connectivity index (χ4v) is 4.26. The minimum absolute atomic E-state index is 0.708. The van der Waals surface area contributed by atoms with Crippen LogP contribution >= 0.6 is 11.6 Å². The van der Waals surface area contributed by atoms with E-state index in [2.05, 4.69) is 10.3 Å². The second kappa shape index (κ2) is 3.13. The van der Waals surface area contributed by atoms with Crippen molar-refractivity contribution in [3.05, 3.63) is 23.4 Å². The zero-order valence-electron chi connectivity index (χ0n) is 9.07. The number of fused-ring (bicyclic) bond motifs is 5. The van der Waals surface area contributed by atoms with Gasteiger partial charge in [-0.2, -0.15) is 0 Å². The lowest BCUT2D eigenvalue weighted by Gasteiger charge is -2.10. The molecule has 2 bridgehead atoms. The van der Waals surface area contributed by atoms with E-state index in [9.17, 15) is 0 Å². The fraction of sp³-hybridized carbons (Fsp3) is 0.615. The molecule has 3 aliphatic carbocycles. The van der Waals surface area contributed by atoms with E-state index in [0.717, 1.165) is 29.5 Å². The summed E-state index contributed by atoms with van der Waals surface area (Å²) >= 11 is 5.83. The monoisotopic (exact) mass is 234 g/mol. The van der Waals surface area contributed by atoms with Crippen molar-refractivity contribution in [2.45, 2.75) is 25.3 Å². The third-order valence-corrected chi connectivity index (χ3v) is 5.00. The summed E-state index contributed by atoms with van der Waals surface area (Å²) in [5.41, 5.74) is 0. The van der Waals surface area contributed by atoms with Crippen molar-refractivity contribution in [1.82, 2.24) is 4.98 Å². The Morgan fingerprint density at radius 1 is 1.19 bits per heavy atom. The van der Waals surface area contributed by atoms with Crippen LogP contribution in [0.4, 0.5) is 5.82 Å². The van der Waals surface area contributed by atoms with Crippen LogP contribution in [-0.4, -0.2) is 11.0 Å². The van der Waals surface area contributed by atoms with Crippen LogP contribution in [0.15, 0.2) is 18.3 Å². The second-order valence-corrected chi connectivity index (χ2v) is 5.96. The number of hydrogen-bond donors (Lipinski definition) is 1. The quantitative estimate of drug-likeness (QED) is 0.850. The third kappa shape index (κ3) is 1.22. The molecule has 84 valence electrons. The van der Waals surface area contributed by atoms with Crippen molar-refractivity contribution in [2.75, 3.05) is 5.32 Å². The van der Waals surface area contributed by atoms with Gasteiger partial charge in [-0.25, -0.2) is 4.98 Å². The molecule has 3 fully saturated rings. The van der Waals surface area contributed by atoms with Gasteiger partial charge in [0.25, 0.3) is 0 Å².